The van der Waals surface area contributed by atoms with E-state index in [9.17, 15) is 4.39 Å². The fourth-order valence-electron chi connectivity index (χ4n) is 2.08. The summed E-state index contributed by atoms with van der Waals surface area (Å²) in [5, 5.41) is 3.35. The Labute approximate surface area is 127 Å². The van der Waals surface area contributed by atoms with Crippen molar-refractivity contribution in [3.63, 3.8) is 0 Å². The highest BCUT2D eigenvalue weighted by molar-refractivity contribution is 6.30. The number of halogens is 2. The van der Waals surface area contributed by atoms with Crippen molar-refractivity contribution < 1.29 is 4.39 Å². The monoisotopic (exact) mass is 306 g/mol. The summed E-state index contributed by atoms with van der Waals surface area (Å²) < 4.78 is 13.1. The molecule has 0 unspecified atom stereocenters. The van der Waals surface area contributed by atoms with Crippen LogP contribution >= 0.6 is 11.6 Å². The molecule has 21 heavy (non-hydrogen) atoms. The normalized spacial score (nSPS) is 14.2. The Morgan fingerprint density at radius 2 is 2.14 bits per heavy atom. The molecule has 1 fully saturated rings. The molecule has 1 aliphatic carbocycles. The van der Waals surface area contributed by atoms with Crippen LogP contribution in [0, 0.1) is 12.7 Å². The number of nitrogen functional groups attached to an aromatic ring is 1. The molecule has 0 atom stereocenters. The molecule has 1 heterocycles. The molecule has 0 spiro atoms. The van der Waals surface area contributed by atoms with E-state index in [0.717, 1.165) is 35.6 Å². The van der Waals surface area contributed by atoms with E-state index in [1.807, 2.05) is 6.92 Å². The van der Waals surface area contributed by atoms with Crippen LogP contribution in [0.5, 0.6) is 0 Å². The van der Waals surface area contributed by atoms with Crippen molar-refractivity contribution in [2.45, 2.75) is 32.2 Å². The van der Waals surface area contributed by atoms with Gasteiger partial charge in [0, 0.05) is 18.0 Å². The predicted octanol–water partition coefficient (Wildman–Crippen LogP) is 3.65. The molecule has 6 heteroatoms. The molecule has 0 saturated heterocycles. The number of anilines is 2. The lowest BCUT2D eigenvalue weighted by atomic mass is 10.2. The third-order valence-electron chi connectivity index (χ3n) is 3.59. The summed E-state index contributed by atoms with van der Waals surface area (Å²) in [4.78, 5) is 8.87. The molecule has 3 N–H and O–H groups in total. The van der Waals surface area contributed by atoms with Crippen molar-refractivity contribution in [1.29, 1.82) is 0 Å². The first kappa shape index (κ1) is 14.1. The van der Waals surface area contributed by atoms with Gasteiger partial charge in [0.05, 0.1) is 5.02 Å². The highest BCUT2D eigenvalue weighted by Crippen LogP contribution is 2.39. The standard InChI is InChI=1S/C15H16ClFN4/c1-8-13(18)20-15(10-3-4-10)21-14(8)19-7-9-2-5-12(17)11(16)6-9/h2,5-6,10H,3-4,7H2,1H3,(H3,18,19,20,21). The lowest BCUT2D eigenvalue weighted by Crippen LogP contribution is -2.09. The smallest absolute Gasteiger partial charge is 0.141 e. The fourth-order valence-corrected chi connectivity index (χ4v) is 2.29. The van der Waals surface area contributed by atoms with Gasteiger partial charge in [0.2, 0.25) is 0 Å². The van der Waals surface area contributed by atoms with E-state index >= 15 is 0 Å². The Morgan fingerprint density at radius 3 is 2.81 bits per heavy atom. The molecule has 0 aliphatic heterocycles. The zero-order chi connectivity index (χ0) is 15.0. The second kappa shape index (κ2) is 5.48. The Hall–Kier alpha value is -1.88. The maximum absolute atomic E-state index is 13.1. The first-order chi connectivity index (χ1) is 10.0. The van der Waals surface area contributed by atoms with E-state index in [0.29, 0.717) is 18.3 Å². The maximum atomic E-state index is 13.1. The molecule has 0 radical (unpaired) electrons. The third-order valence-corrected chi connectivity index (χ3v) is 3.88. The van der Waals surface area contributed by atoms with Crippen LogP contribution < -0.4 is 11.1 Å². The first-order valence-corrected chi connectivity index (χ1v) is 7.24. The maximum Gasteiger partial charge on any atom is 0.141 e. The van der Waals surface area contributed by atoms with E-state index in [-0.39, 0.29) is 5.02 Å². The quantitative estimate of drug-likeness (QED) is 0.905. The van der Waals surface area contributed by atoms with E-state index in [1.54, 1.807) is 12.1 Å². The van der Waals surface area contributed by atoms with Crippen molar-refractivity contribution in [3.8, 4) is 0 Å². The van der Waals surface area contributed by atoms with Crippen molar-refractivity contribution >= 4 is 23.2 Å². The van der Waals surface area contributed by atoms with Gasteiger partial charge < -0.3 is 11.1 Å². The Bertz CT molecular complexity index is 686. The summed E-state index contributed by atoms with van der Waals surface area (Å²) in [6, 6.07) is 4.65. The van der Waals surface area contributed by atoms with Crippen molar-refractivity contribution in [1.82, 2.24) is 9.97 Å². The van der Waals surface area contributed by atoms with Gasteiger partial charge in [-0.3, -0.25) is 0 Å². The second-order valence-corrected chi connectivity index (χ2v) is 5.72. The van der Waals surface area contributed by atoms with Gasteiger partial charge >= 0.3 is 0 Å². The summed E-state index contributed by atoms with van der Waals surface area (Å²) in [6.45, 7) is 2.38. The van der Waals surface area contributed by atoms with E-state index in [2.05, 4.69) is 15.3 Å². The van der Waals surface area contributed by atoms with Gasteiger partial charge in [-0.15, -0.1) is 0 Å². The number of nitrogens with zero attached hydrogens (tertiary/aromatic N) is 2. The average Bonchev–Trinajstić information content (AvgIpc) is 3.28. The lowest BCUT2D eigenvalue weighted by Gasteiger charge is -2.12. The summed E-state index contributed by atoms with van der Waals surface area (Å²) in [6.07, 6.45) is 2.24. The molecule has 0 amide bonds. The zero-order valence-electron chi connectivity index (χ0n) is 11.7. The molecule has 110 valence electrons. The number of aromatic nitrogens is 2. The second-order valence-electron chi connectivity index (χ2n) is 5.32. The van der Waals surface area contributed by atoms with Gasteiger partial charge in [0.25, 0.3) is 0 Å². The van der Waals surface area contributed by atoms with Crippen LogP contribution in [-0.4, -0.2) is 9.97 Å². The van der Waals surface area contributed by atoms with Crippen LogP contribution in [0.4, 0.5) is 16.0 Å². The minimum absolute atomic E-state index is 0.117. The number of nitrogens with two attached hydrogens (primary N) is 1. The van der Waals surface area contributed by atoms with Gasteiger partial charge in [0.15, 0.2) is 0 Å². The zero-order valence-corrected chi connectivity index (χ0v) is 12.4. The van der Waals surface area contributed by atoms with Gasteiger partial charge in [-0.1, -0.05) is 17.7 Å². The highest BCUT2D eigenvalue weighted by Gasteiger charge is 2.27. The highest BCUT2D eigenvalue weighted by atomic mass is 35.5. The van der Waals surface area contributed by atoms with Crippen LogP contribution in [0.15, 0.2) is 18.2 Å². The fraction of sp³-hybridized carbons (Fsp3) is 0.333. The summed E-state index contributed by atoms with van der Waals surface area (Å²) >= 11 is 5.78. The van der Waals surface area contributed by atoms with Crippen LogP contribution in [0.2, 0.25) is 5.02 Å². The SMILES string of the molecule is Cc1c(N)nc(C2CC2)nc1NCc1ccc(F)c(Cl)c1. The molecule has 2 aromatic rings. The van der Waals surface area contributed by atoms with Gasteiger partial charge in [-0.05, 0) is 37.5 Å². The molecule has 1 aliphatic rings. The van der Waals surface area contributed by atoms with Gasteiger partial charge in [0.1, 0.15) is 23.3 Å². The average molecular weight is 307 g/mol. The van der Waals surface area contributed by atoms with E-state index in [1.165, 1.54) is 6.07 Å². The number of hydrogen-bond acceptors (Lipinski definition) is 4. The number of nitrogens with one attached hydrogen (secondary N) is 1. The van der Waals surface area contributed by atoms with Gasteiger partial charge in [-0.2, -0.15) is 0 Å². The van der Waals surface area contributed by atoms with Crippen LogP contribution in [-0.2, 0) is 6.54 Å². The van der Waals surface area contributed by atoms with Crippen molar-refractivity contribution in [3.05, 3.63) is 46.0 Å². The van der Waals surface area contributed by atoms with E-state index < -0.39 is 5.82 Å². The Balaban J connectivity index is 1.79. The Morgan fingerprint density at radius 1 is 1.38 bits per heavy atom. The molecule has 4 nitrogen and oxygen atoms in total. The topological polar surface area (TPSA) is 63.8 Å². The van der Waals surface area contributed by atoms with Crippen LogP contribution in [0.1, 0.15) is 35.7 Å². The molecule has 0 bridgehead atoms. The minimum Gasteiger partial charge on any atom is -0.383 e. The summed E-state index contributed by atoms with van der Waals surface area (Å²) in [5.74, 6) is 2.06. The summed E-state index contributed by atoms with van der Waals surface area (Å²) in [7, 11) is 0. The number of hydrogen-bond donors (Lipinski definition) is 2. The number of rotatable bonds is 4. The molecule has 3 rings (SSSR count). The first-order valence-electron chi connectivity index (χ1n) is 6.86. The predicted molar refractivity (Wildman–Crippen MR) is 81.9 cm³/mol. The van der Waals surface area contributed by atoms with E-state index in [4.69, 9.17) is 17.3 Å². The molecule has 1 aromatic heterocycles. The number of benzene rings is 1. The molecular weight excluding hydrogens is 291 g/mol. The Kier molecular flexibility index (Phi) is 3.68. The van der Waals surface area contributed by atoms with Crippen molar-refractivity contribution in [2.75, 3.05) is 11.1 Å². The minimum atomic E-state index is -0.418. The van der Waals surface area contributed by atoms with Gasteiger partial charge in [-0.25, -0.2) is 14.4 Å². The largest absolute Gasteiger partial charge is 0.383 e. The van der Waals surface area contributed by atoms with Crippen LogP contribution in [0.25, 0.3) is 0 Å². The lowest BCUT2D eigenvalue weighted by molar-refractivity contribution is 0.627. The molecule has 1 saturated carbocycles. The third kappa shape index (κ3) is 3.08. The summed E-state index contributed by atoms with van der Waals surface area (Å²) in [5.41, 5.74) is 7.65. The van der Waals surface area contributed by atoms with Crippen LogP contribution in [0.3, 0.4) is 0 Å². The molecular formula is C15H16ClFN4. The van der Waals surface area contributed by atoms with Crippen molar-refractivity contribution in [2.24, 2.45) is 0 Å². The molecule has 1 aromatic carbocycles.